The molecule has 0 aliphatic heterocycles. The molecule has 0 atom stereocenters. The Hall–Kier alpha value is -0.120. The third kappa shape index (κ3) is 23.9. The molecule has 3 heteroatoms. The highest BCUT2D eigenvalue weighted by molar-refractivity contribution is 4.49. The zero-order valence-corrected chi connectivity index (χ0v) is 17.5. The van der Waals surface area contributed by atoms with E-state index < -0.39 is 0 Å². The van der Waals surface area contributed by atoms with Crippen LogP contribution in [-0.2, 0) is 9.47 Å². The smallest absolute Gasteiger partial charge is 0.0478 e. The number of unbranched alkanes of at least 4 members (excludes halogenated alkanes) is 10. The highest BCUT2D eigenvalue weighted by Gasteiger charge is 1.94. The van der Waals surface area contributed by atoms with Crippen LogP contribution in [0.2, 0.25) is 0 Å². The van der Waals surface area contributed by atoms with Crippen LogP contribution >= 0.6 is 0 Å². The topological polar surface area (TPSA) is 30.5 Å². The van der Waals surface area contributed by atoms with Gasteiger partial charge in [-0.15, -0.1) is 0 Å². The molecule has 0 heterocycles. The Balaban J connectivity index is 2.94. The molecular weight excluding hydrogens is 310 g/mol. The molecule has 0 amide bonds. The number of ether oxygens (including phenoxy) is 2. The predicted molar refractivity (Wildman–Crippen MR) is 110 cm³/mol. The lowest BCUT2D eigenvalue weighted by atomic mass is 10.1. The van der Waals surface area contributed by atoms with E-state index >= 15 is 0 Å². The van der Waals surface area contributed by atoms with Crippen LogP contribution in [0.5, 0.6) is 0 Å². The maximum absolute atomic E-state index is 5.68. The summed E-state index contributed by atoms with van der Waals surface area (Å²) in [5.41, 5.74) is 0. The Kier molecular flexibility index (Phi) is 23.8. The molecule has 0 spiro atoms. The highest BCUT2D eigenvalue weighted by Crippen LogP contribution is 2.05. The molecule has 0 bridgehead atoms. The molecule has 25 heavy (non-hydrogen) atoms. The van der Waals surface area contributed by atoms with Gasteiger partial charge in [0.15, 0.2) is 0 Å². The van der Waals surface area contributed by atoms with Gasteiger partial charge >= 0.3 is 0 Å². The predicted octanol–water partition coefficient (Wildman–Crippen LogP) is 6.11. The van der Waals surface area contributed by atoms with Crippen molar-refractivity contribution < 1.29 is 9.47 Å². The minimum Gasteiger partial charge on any atom is -0.381 e. The van der Waals surface area contributed by atoms with Gasteiger partial charge in [0.2, 0.25) is 0 Å². The maximum atomic E-state index is 5.68. The second kappa shape index (κ2) is 23.9. The second-order valence-electron chi connectivity index (χ2n) is 7.22. The van der Waals surface area contributed by atoms with Crippen LogP contribution in [0.4, 0.5) is 0 Å². The summed E-state index contributed by atoms with van der Waals surface area (Å²) in [4.78, 5) is 0. The monoisotopic (exact) mass is 357 g/mol. The maximum Gasteiger partial charge on any atom is 0.0478 e. The third-order valence-electron chi connectivity index (χ3n) is 4.57. The van der Waals surface area contributed by atoms with Gasteiger partial charge in [-0.2, -0.15) is 0 Å². The highest BCUT2D eigenvalue weighted by atomic mass is 16.5. The first-order valence-electron chi connectivity index (χ1n) is 11.3. The molecule has 0 aromatic carbocycles. The standard InChI is InChI=1S/C22H47NO2/c1-3-5-7-9-11-13-19-24-21-15-17-23-18-16-22-25-20-14-12-10-8-6-4-2/h23H,3-22H2,1-2H3. The van der Waals surface area contributed by atoms with Gasteiger partial charge in [0.05, 0.1) is 0 Å². The van der Waals surface area contributed by atoms with E-state index in [1.54, 1.807) is 0 Å². The van der Waals surface area contributed by atoms with E-state index in [0.717, 1.165) is 52.4 Å². The van der Waals surface area contributed by atoms with E-state index in [1.165, 1.54) is 77.0 Å². The van der Waals surface area contributed by atoms with Crippen LogP contribution in [0, 0.1) is 0 Å². The van der Waals surface area contributed by atoms with Crippen molar-refractivity contribution in [1.82, 2.24) is 5.32 Å². The van der Waals surface area contributed by atoms with Crippen molar-refractivity contribution in [2.75, 3.05) is 39.5 Å². The molecule has 0 rings (SSSR count). The molecule has 0 aromatic rings. The van der Waals surface area contributed by atoms with Crippen LogP contribution in [0.3, 0.4) is 0 Å². The van der Waals surface area contributed by atoms with Gasteiger partial charge in [-0.1, -0.05) is 78.1 Å². The van der Waals surface area contributed by atoms with Gasteiger partial charge in [-0.05, 0) is 38.8 Å². The average molecular weight is 358 g/mol. The van der Waals surface area contributed by atoms with Crippen LogP contribution in [0.1, 0.15) is 104 Å². The quantitative estimate of drug-likeness (QED) is 0.237. The zero-order valence-electron chi connectivity index (χ0n) is 17.5. The minimum atomic E-state index is 0.899. The van der Waals surface area contributed by atoms with E-state index in [0.29, 0.717) is 0 Å². The summed E-state index contributed by atoms with van der Waals surface area (Å²) in [6.45, 7) is 10.3. The van der Waals surface area contributed by atoms with Crippen molar-refractivity contribution in [1.29, 1.82) is 0 Å². The third-order valence-corrected chi connectivity index (χ3v) is 4.57. The fraction of sp³-hybridized carbons (Fsp3) is 1.00. The second-order valence-corrected chi connectivity index (χ2v) is 7.22. The largest absolute Gasteiger partial charge is 0.381 e. The zero-order chi connectivity index (χ0) is 18.3. The van der Waals surface area contributed by atoms with Crippen molar-refractivity contribution in [2.24, 2.45) is 0 Å². The van der Waals surface area contributed by atoms with Gasteiger partial charge in [0.25, 0.3) is 0 Å². The summed E-state index contributed by atoms with van der Waals surface area (Å²) < 4.78 is 11.4. The van der Waals surface area contributed by atoms with Crippen molar-refractivity contribution >= 4 is 0 Å². The van der Waals surface area contributed by atoms with E-state index in [2.05, 4.69) is 19.2 Å². The molecule has 3 nitrogen and oxygen atoms in total. The molecule has 0 aliphatic rings. The lowest BCUT2D eigenvalue weighted by molar-refractivity contribution is 0.123. The van der Waals surface area contributed by atoms with E-state index in [9.17, 15) is 0 Å². The summed E-state index contributed by atoms with van der Waals surface area (Å²) in [6.07, 6.45) is 18.3. The Bertz CT molecular complexity index is 202. The Labute approximate surface area is 158 Å². The molecular formula is C22H47NO2. The molecule has 0 saturated heterocycles. The fourth-order valence-corrected chi connectivity index (χ4v) is 2.90. The van der Waals surface area contributed by atoms with Crippen LogP contribution in [0.25, 0.3) is 0 Å². The molecule has 0 fully saturated rings. The van der Waals surface area contributed by atoms with Crippen LogP contribution in [0.15, 0.2) is 0 Å². The number of hydrogen-bond donors (Lipinski definition) is 1. The number of nitrogens with one attached hydrogen (secondary N) is 1. The Morgan fingerprint density at radius 1 is 0.440 bits per heavy atom. The van der Waals surface area contributed by atoms with Gasteiger partial charge in [-0.25, -0.2) is 0 Å². The Morgan fingerprint density at radius 2 is 0.800 bits per heavy atom. The molecule has 0 saturated carbocycles. The lowest BCUT2D eigenvalue weighted by Gasteiger charge is -2.07. The van der Waals surface area contributed by atoms with Crippen molar-refractivity contribution in [2.45, 2.75) is 104 Å². The normalized spacial score (nSPS) is 11.3. The molecule has 0 aliphatic carbocycles. The lowest BCUT2D eigenvalue weighted by Crippen LogP contribution is -2.19. The van der Waals surface area contributed by atoms with Gasteiger partial charge < -0.3 is 14.8 Å². The van der Waals surface area contributed by atoms with Gasteiger partial charge in [-0.3, -0.25) is 0 Å². The van der Waals surface area contributed by atoms with Crippen molar-refractivity contribution in [3.05, 3.63) is 0 Å². The van der Waals surface area contributed by atoms with Crippen molar-refractivity contribution in [3.63, 3.8) is 0 Å². The molecule has 1 N–H and O–H groups in total. The number of hydrogen-bond acceptors (Lipinski definition) is 3. The first-order chi connectivity index (χ1) is 12.4. The molecule has 0 unspecified atom stereocenters. The number of rotatable bonds is 22. The first-order valence-corrected chi connectivity index (χ1v) is 11.3. The molecule has 152 valence electrons. The van der Waals surface area contributed by atoms with Gasteiger partial charge in [0, 0.05) is 26.4 Å². The SMILES string of the molecule is CCCCCCCCOCCCNCCCOCCCCCCCC. The molecule has 0 aromatic heterocycles. The first kappa shape index (κ1) is 24.9. The molecule has 0 radical (unpaired) electrons. The van der Waals surface area contributed by atoms with Gasteiger partial charge in [0.1, 0.15) is 0 Å². The average Bonchev–Trinajstić information content (AvgIpc) is 2.63. The van der Waals surface area contributed by atoms with Crippen LogP contribution in [-0.4, -0.2) is 39.5 Å². The Morgan fingerprint density at radius 3 is 1.24 bits per heavy atom. The summed E-state index contributed by atoms with van der Waals surface area (Å²) in [5, 5.41) is 3.48. The van der Waals surface area contributed by atoms with E-state index in [1.807, 2.05) is 0 Å². The van der Waals surface area contributed by atoms with Crippen LogP contribution < -0.4 is 5.32 Å². The summed E-state index contributed by atoms with van der Waals surface area (Å²) >= 11 is 0. The van der Waals surface area contributed by atoms with E-state index in [4.69, 9.17) is 9.47 Å². The van der Waals surface area contributed by atoms with Crippen molar-refractivity contribution in [3.8, 4) is 0 Å². The summed E-state index contributed by atoms with van der Waals surface area (Å²) in [7, 11) is 0. The van der Waals surface area contributed by atoms with E-state index in [-0.39, 0.29) is 0 Å². The summed E-state index contributed by atoms with van der Waals surface area (Å²) in [5.74, 6) is 0. The minimum absolute atomic E-state index is 0.899. The fourth-order valence-electron chi connectivity index (χ4n) is 2.90. The summed E-state index contributed by atoms with van der Waals surface area (Å²) in [6, 6.07) is 0.